The van der Waals surface area contributed by atoms with Gasteiger partial charge in [0.2, 0.25) is 11.9 Å². The number of likely N-dealkylation sites (tertiary alicyclic amines) is 1. The van der Waals surface area contributed by atoms with Crippen molar-refractivity contribution >= 4 is 23.2 Å². The van der Waals surface area contributed by atoms with Gasteiger partial charge in [-0.3, -0.25) is 9.69 Å². The molecule has 7 heteroatoms. The molecule has 1 atom stereocenters. The van der Waals surface area contributed by atoms with E-state index in [9.17, 15) is 4.79 Å². The van der Waals surface area contributed by atoms with Gasteiger partial charge in [0.05, 0.1) is 12.6 Å². The number of aromatic nitrogens is 2. The summed E-state index contributed by atoms with van der Waals surface area (Å²) in [6.45, 7) is 4.89. The summed E-state index contributed by atoms with van der Waals surface area (Å²) in [4.78, 5) is 29.3. The monoisotopic (exact) mass is 357 g/mol. The Kier molecular flexibility index (Phi) is 4.94. The zero-order valence-electron chi connectivity index (χ0n) is 14.3. The van der Waals surface area contributed by atoms with E-state index in [4.69, 9.17) is 0 Å². The van der Waals surface area contributed by atoms with Gasteiger partial charge >= 0.3 is 0 Å². The maximum Gasteiger partial charge on any atom is 0.237 e. The van der Waals surface area contributed by atoms with Crippen LogP contribution in [0.3, 0.4) is 0 Å². The summed E-state index contributed by atoms with van der Waals surface area (Å²) < 4.78 is 0. The minimum absolute atomic E-state index is 0.264. The van der Waals surface area contributed by atoms with Crippen LogP contribution in [0, 0.1) is 0 Å². The Morgan fingerprint density at radius 2 is 1.92 bits per heavy atom. The molecule has 0 aromatic carbocycles. The molecule has 2 saturated heterocycles. The van der Waals surface area contributed by atoms with E-state index in [2.05, 4.69) is 42.2 Å². The summed E-state index contributed by atoms with van der Waals surface area (Å²) in [5.74, 6) is 1.05. The molecule has 0 aliphatic carbocycles. The van der Waals surface area contributed by atoms with Gasteiger partial charge < -0.3 is 9.80 Å². The van der Waals surface area contributed by atoms with E-state index in [0.717, 1.165) is 51.5 Å². The number of amides is 1. The van der Waals surface area contributed by atoms with E-state index in [-0.39, 0.29) is 11.9 Å². The molecule has 0 saturated carbocycles. The molecule has 2 aliphatic heterocycles. The molecule has 2 aromatic heterocycles. The van der Waals surface area contributed by atoms with Gasteiger partial charge in [-0.15, -0.1) is 11.3 Å². The van der Waals surface area contributed by atoms with Crippen LogP contribution in [0.5, 0.6) is 0 Å². The predicted octanol–water partition coefficient (Wildman–Crippen LogP) is 2.02. The van der Waals surface area contributed by atoms with Gasteiger partial charge in [-0.1, -0.05) is 6.07 Å². The molecular weight excluding hydrogens is 334 g/mol. The number of hydrogen-bond acceptors (Lipinski definition) is 6. The molecule has 0 spiro atoms. The van der Waals surface area contributed by atoms with Crippen molar-refractivity contribution in [3.63, 3.8) is 0 Å². The molecule has 2 fully saturated rings. The zero-order chi connectivity index (χ0) is 17.1. The van der Waals surface area contributed by atoms with Crippen molar-refractivity contribution < 1.29 is 4.79 Å². The fraction of sp³-hybridized carbons (Fsp3) is 0.500. The largest absolute Gasteiger partial charge is 0.338 e. The summed E-state index contributed by atoms with van der Waals surface area (Å²) >= 11 is 1.76. The summed E-state index contributed by atoms with van der Waals surface area (Å²) in [6, 6.07) is 6.34. The third kappa shape index (κ3) is 3.67. The zero-order valence-corrected chi connectivity index (χ0v) is 15.1. The third-order valence-electron chi connectivity index (χ3n) is 5.01. The van der Waals surface area contributed by atoms with Crippen molar-refractivity contribution in [3.05, 3.63) is 40.8 Å². The minimum Gasteiger partial charge on any atom is -0.338 e. The lowest BCUT2D eigenvalue weighted by Gasteiger charge is -2.35. The van der Waals surface area contributed by atoms with Crippen LogP contribution in [0.1, 0.15) is 23.8 Å². The third-order valence-corrected chi connectivity index (χ3v) is 5.98. The Labute approximate surface area is 152 Å². The molecular formula is C18H23N5OS. The molecule has 0 radical (unpaired) electrons. The van der Waals surface area contributed by atoms with Crippen molar-refractivity contribution in [1.82, 2.24) is 19.8 Å². The second-order valence-electron chi connectivity index (χ2n) is 6.57. The molecule has 2 aliphatic rings. The number of anilines is 1. The van der Waals surface area contributed by atoms with E-state index in [0.29, 0.717) is 6.54 Å². The topological polar surface area (TPSA) is 52.6 Å². The van der Waals surface area contributed by atoms with Crippen LogP contribution in [-0.4, -0.2) is 64.9 Å². The number of nitrogens with zero attached hydrogens (tertiary/aromatic N) is 5. The summed E-state index contributed by atoms with van der Waals surface area (Å²) in [6.07, 6.45) is 5.74. The summed E-state index contributed by atoms with van der Waals surface area (Å²) in [7, 11) is 0. The first kappa shape index (κ1) is 16.5. The molecule has 0 N–H and O–H groups in total. The maximum absolute atomic E-state index is 12.8. The lowest BCUT2D eigenvalue weighted by molar-refractivity contribution is -0.133. The summed E-state index contributed by atoms with van der Waals surface area (Å²) in [5, 5.41) is 2.10. The number of piperazine rings is 1. The van der Waals surface area contributed by atoms with Crippen LogP contribution >= 0.6 is 11.3 Å². The Bertz CT molecular complexity index is 685. The average Bonchev–Trinajstić information content (AvgIpc) is 3.34. The van der Waals surface area contributed by atoms with Crippen molar-refractivity contribution in [2.45, 2.75) is 18.9 Å². The van der Waals surface area contributed by atoms with Crippen LogP contribution in [0.4, 0.5) is 5.95 Å². The molecule has 1 amide bonds. The van der Waals surface area contributed by atoms with Crippen LogP contribution in [-0.2, 0) is 4.79 Å². The Balaban J connectivity index is 1.32. The number of thiophene rings is 1. The van der Waals surface area contributed by atoms with Gasteiger partial charge in [0.25, 0.3) is 0 Å². The van der Waals surface area contributed by atoms with Gasteiger partial charge in [0, 0.05) is 50.0 Å². The molecule has 132 valence electrons. The predicted molar refractivity (Wildman–Crippen MR) is 98.7 cm³/mol. The highest BCUT2D eigenvalue weighted by atomic mass is 32.1. The van der Waals surface area contributed by atoms with Crippen molar-refractivity contribution in [3.8, 4) is 0 Å². The molecule has 6 nitrogen and oxygen atoms in total. The Morgan fingerprint density at radius 1 is 1.12 bits per heavy atom. The molecule has 4 heterocycles. The van der Waals surface area contributed by atoms with Crippen LogP contribution < -0.4 is 4.90 Å². The van der Waals surface area contributed by atoms with Crippen molar-refractivity contribution in [2.75, 3.05) is 44.2 Å². The van der Waals surface area contributed by atoms with Crippen molar-refractivity contribution in [2.24, 2.45) is 0 Å². The maximum atomic E-state index is 12.8. The number of carbonyl (C=O) groups is 1. The molecule has 25 heavy (non-hydrogen) atoms. The van der Waals surface area contributed by atoms with E-state index in [1.165, 1.54) is 4.88 Å². The van der Waals surface area contributed by atoms with E-state index >= 15 is 0 Å². The first-order valence-electron chi connectivity index (χ1n) is 8.88. The lowest BCUT2D eigenvalue weighted by Crippen LogP contribution is -2.50. The van der Waals surface area contributed by atoms with Gasteiger partial charge in [0.15, 0.2) is 0 Å². The Morgan fingerprint density at radius 3 is 2.64 bits per heavy atom. The summed E-state index contributed by atoms with van der Waals surface area (Å²) in [5.41, 5.74) is 0. The highest BCUT2D eigenvalue weighted by Crippen LogP contribution is 2.34. The molecule has 2 aromatic rings. The second-order valence-corrected chi connectivity index (χ2v) is 7.55. The average molecular weight is 357 g/mol. The number of rotatable bonds is 4. The van der Waals surface area contributed by atoms with Crippen LogP contribution in [0.25, 0.3) is 0 Å². The highest BCUT2D eigenvalue weighted by molar-refractivity contribution is 7.10. The minimum atomic E-state index is 0.264. The van der Waals surface area contributed by atoms with Gasteiger partial charge in [-0.05, 0) is 30.4 Å². The Hall–Kier alpha value is -1.99. The second kappa shape index (κ2) is 7.49. The quantitative estimate of drug-likeness (QED) is 0.838. The highest BCUT2D eigenvalue weighted by Gasteiger charge is 2.31. The normalized spacial score (nSPS) is 21.7. The number of carbonyl (C=O) groups excluding carboxylic acids is 1. The van der Waals surface area contributed by atoms with Gasteiger partial charge in [0.1, 0.15) is 0 Å². The van der Waals surface area contributed by atoms with Gasteiger partial charge in [-0.2, -0.15) is 0 Å². The van der Waals surface area contributed by atoms with E-state index in [1.54, 1.807) is 23.7 Å². The smallest absolute Gasteiger partial charge is 0.237 e. The van der Waals surface area contributed by atoms with Gasteiger partial charge in [-0.25, -0.2) is 9.97 Å². The van der Waals surface area contributed by atoms with E-state index < -0.39 is 0 Å². The fourth-order valence-electron chi connectivity index (χ4n) is 3.68. The standard InChI is InChI=1S/C18H23N5OS/c24-17(23-8-1-4-15(23)16-5-2-13-25-16)14-21-9-11-22(12-10-21)18-19-6-3-7-20-18/h2-3,5-7,13,15H,1,4,8-12,14H2. The molecule has 0 bridgehead atoms. The molecule has 4 rings (SSSR count). The molecule has 1 unspecified atom stereocenters. The SMILES string of the molecule is O=C(CN1CCN(c2ncccn2)CC1)N1CCCC1c1cccs1. The van der Waals surface area contributed by atoms with Crippen molar-refractivity contribution in [1.29, 1.82) is 0 Å². The van der Waals surface area contributed by atoms with Crippen LogP contribution in [0.2, 0.25) is 0 Å². The van der Waals surface area contributed by atoms with E-state index in [1.807, 2.05) is 6.07 Å². The first-order chi connectivity index (χ1) is 12.3. The number of hydrogen-bond donors (Lipinski definition) is 0. The fourth-order valence-corrected chi connectivity index (χ4v) is 4.56. The lowest BCUT2D eigenvalue weighted by atomic mass is 10.2. The van der Waals surface area contributed by atoms with Crippen LogP contribution in [0.15, 0.2) is 36.0 Å². The first-order valence-corrected chi connectivity index (χ1v) is 9.76.